The van der Waals surface area contributed by atoms with Crippen LogP contribution in [0.15, 0.2) is 76.3 Å². The van der Waals surface area contributed by atoms with Crippen molar-refractivity contribution >= 4 is 16.8 Å². The van der Waals surface area contributed by atoms with Crippen molar-refractivity contribution in [3.8, 4) is 0 Å². The zero-order valence-corrected chi connectivity index (χ0v) is 19.2. The molecule has 0 spiro atoms. The minimum atomic E-state index is -0.190. The summed E-state index contributed by atoms with van der Waals surface area (Å²) in [5.41, 5.74) is 2.77. The summed E-state index contributed by atoms with van der Waals surface area (Å²) in [5, 5.41) is 3.60. The van der Waals surface area contributed by atoms with Crippen LogP contribution in [0.25, 0.3) is 10.9 Å². The number of piperidine rings is 1. The fourth-order valence-electron chi connectivity index (χ4n) is 4.57. The molecule has 1 aliphatic heterocycles. The number of rotatable bonds is 6. The van der Waals surface area contributed by atoms with Crippen molar-refractivity contribution in [3.63, 3.8) is 0 Å². The third kappa shape index (κ3) is 4.79. The molecule has 1 saturated heterocycles. The van der Waals surface area contributed by atoms with Gasteiger partial charge in [-0.1, -0.05) is 30.3 Å². The summed E-state index contributed by atoms with van der Waals surface area (Å²) >= 11 is 0. The van der Waals surface area contributed by atoms with E-state index < -0.39 is 0 Å². The average Bonchev–Trinajstić information content (AvgIpc) is 3.36. The van der Waals surface area contributed by atoms with E-state index in [1.807, 2.05) is 19.1 Å². The monoisotopic (exact) mass is 456 g/mol. The molecule has 0 aliphatic carbocycles. The standard InChI is InChI=1S/C27H28N4O3/c1-19-23(16-24-25(28-19)11-14-31(27(24)33)18-22-8-5-15-34-22)26(32)29-21-9-12-30(13-10-21)17-20-6-3-2-4-7-20/h2-8,11,14-16,21H,9-10,12-13,17-18H2,1H3,(H,29,32). The first-order valence-corrected chi connectivity index (χ1v) is 11.7. The number of carbonyl (C=O) groups excluding carboxylic acids is 1. The van der Waals surface area contributed by atoms with Crippen LogP contribution in [0.3, 0.4) is 0 Å². The van der Waals surface area contributed by atoms with Crippen LogP contribution in [0.1, 0.15) is 40.2 Å². The maximum absolute atomic E-state index is 13.1. The quantitative estimate of drug-likeness (QED) is 0.478. The van der Waals surface area contributed by atoms with Gasteiger partial charge >= 0.3 is 0 Å². The molecule has 1 amide bonds. The Hall–Kier alpha value is -3.71. The molecule has 3 aromatic heterocycles. The van der Waals surface area contributed by atoms with E-state index in [2.05, 4.69) is 39.5 Å². The Balaban J connectivity index is 1.28. The second-order valence-electron chi connectivity index (χ2n) is 8.89. The van der Waals surface area contributed by atoms with Gasteiger partial charge in [0.1, 0.15) is 5.76 Å². The molecule has 4 aromatic rings. The second-order valence-corrected chi connectivity index (χ2v) is 8.89. The van der Waals surface area contributed by atoms with Crippen LogP contribution >= 0.6 is 0 Å². The van der Waals surface area contributed by atoms with E-state index in [4.69, 9.17) is 4.42 Å². The van der Waals surface area contributed by atoms with Crippen LogP contribution in [-0.2, 0) is 13.1 Å². The Morgan fingerprint density at radius 2 is 1.88 bits per heavy atom. The van der Waals surface area contributed by atoms with Crippen LogP contribution in [0.4, 0.5) is 0 Å². The normalized spacial score (nSPS) is 15.0. The Labute approximate surface area is 198 Å². The van der Waals surface area contributed by atoms with Gasteiger partial charge in [0.2, 0.25) is 0 Å². The van der Waals surface area contributed by atoms with E-state index in [1.165, 1.54) is 5.56 Å². The number of amides is 1. The summed E-state index contributed by atoms with van der Waals surface area (Å²) in [5.74, 6) is 0.521. The molecule has 34 heavy (non-hydrogen) atoms. The van der Waals surface area contributed by atoms with Crippen molar-refractivity contribution < 1.29 is 9.21 Å². The first-order valence-electron chi connectivity index (χ1n) is 11.7. The lowest BCUT2D eigenvalue weighted by atomic mass is 10.0. The molecule has 0 unspecified atom stereocenters. The lowest BCUT2D eigenvalue weighted by Gasteiger charge is -2.32. The third-order valence-electron chi connectivity index (χ3n) is 6.47. The minimum absolute atomic E-state index is 0.112. The molecule has 4 heterocycles. The highest BCUT2D eigenvalue weighted by atomic mass is 16.3. The lowest BCUT2D eigenvalue weighted by molar-refractivity contribution is 0.0908. The van der Waals surface area contributed by atoms with Crippen molar-refractivity contribution in [2.75, 3.05) is 13.1 Å². The summed E-state index contributed by atoms with van der Waals surface area (Å²) in [6.07, 6.45) is 5.09. The van der Waals surface area contributed by atoms with Crippen molar-refractivity contribution in [1.82, 2.24) is 19.8 Å². The van der Waals surface area contributed by atoms with Gasteiger partial charge in [-0.3, -0.25) is 19.5 Å². The number of hydrogen-bond donors (Lipinski definition) is 1. The van der Waals surface area contributed by atoms with Crippen molar-refractivity contribution in [2.45, 2.75) is 38.9 Å². The van der Waals surface area contributed by atoms with E-state index >= 15 is 0 Å². The number of aromatic nitrogens is 2. The van der Waals surface area contributed by atoms with Gasteiger partial charge < -0.3 is 14.3 Å². The number of nitrogens with zero attached hydrogens (tertiary/aromatic N) is 3. The summed E-state index contributed by atoms with van der Waals surface area (Å²) < 4.78 is 6.94. The van der Waals surface area contributed by atoms with Gasteiger partial charge in [0.05, 0.1) is 35.0 Å². The van der Waals surface area contributed by atoms with Gasteiger partial charge in [-0.25, -0.2) is 0 Å². The summed E-state index contributed by atoms with van der Waals surface area (Å²) in [7, 11) is 0. The zero-order valence-electron chi connectivity index (χ0n) is 19.2. The molecule has 0 atom stereocenters. The minimum Gasteiger partial charge on any atom is -0.467 e. The average molecular weight is 457 g/mol. The molecule has 1 aromatic carbocycles. The van der Waals surface area contributed by atoms with E-state index in [0.29, 0.717) is 34.5 Å². The van der Waals surface area contributed by atoms with Crippen molar-refractivity contribution in [2.24, 2.45) is 0 Å². The van der Waals surface area contributed by atoms with E-state index in [0.717, 1.165) is 32.5 Å². The SMILES string of the molecule is Cc1nc2ccn(Cc3ccco3)c(=O)c2cc1C(=O)NC1CCN(Cc2ccccc2)CC1. The molecule has 1 fully saturated rings. The smallest absolute Gasteiger partial charge is 0.260 e. The van der Waals surface area contributed by atoms with E-state index in [-0.39, 0.29) is 17.5 Å². The van der Waals surface area contributed by atoms with Crippen LogP contribution < -0.4 is 10.9 Å². The van der Waals surface area contributed by atoms with Gasteiger partial charge in [0.25, 0.3) is 11.5 Å². The molecule has 1 N–H and O–H groups in total. The summed E-state index contributed by atoms with van der Waals surface area (Å²) in [4.78, 5) is 33.1. The summed E-state index contributed by atoms with van der Waals surface area (Å²) in [6, 6.07) is 17.7. The molecule has 7 nitrogen and oxygen atoms in total. The Morgan fingerprint density at radius 1 is 1.09 bits per heavy atom. The van der Waals surface area contributed by atoms with Gasteiger partial charge in [-0.15, -0.1) is 0 Å². The van der Waals surface area contributed by atoms with Crippen LogP contribution in [0.5, 0.6) is 0 Å². The van der Waals surface area contributed by atoms with Gasteiger partial charge in [-0.05, 0) is 49.6 Å². The highest BCUT2D eigenvalue weighted by Crippen LogP contribution is 2.17. The molecular formula is C27H28N4O3. The molecular weight excluding hydrogens is 428 g/mol. The molecule has 1 aliphatic rings. The predicted octanol–water partition coefficient (Wildman–Crippen LogP) is 3.74. The first-order chi connectivity index (χ1) is 16.6. The predicted molar refractivity (Wildman–Crippen MR) is 131 cm³/mol. The van der Waals surface area contributed by atoms with Gasteiger partial charge in [0, 0.05) is 31.9 Å². The third-order valence-corrected chi connectivity index (χ3v) is 6.47. The van der Waals surface area contributed by atoms with Gasteiger partial charge in [0.15, 0.2) is 0 Å². The molecule has 5 rings (SSSR count). The zero-order chi connectivity index (χ0) is 23.5. The molecule has 0 bridgehead atoms. The number of likely N-dealkylation sites (tertiary alicyclic amines) is 1. The number of nitrogens with one attached hydrogen (secondary N) is 1. The second kappa shape index (κ2) is 9.65. The van der Waals surface area contributed by atoms with E-state index in [1.54, 1.807) is 35.2 Å². The lowest BCUT2D eigenvalue weighted by Crippen LogP contribution is -2.44. The fourth-order valence-corrected chi connectivity index (χ4v) is 4.57. The van der Waals surface area contributed by atoms with Crippen molar-refractivity contribution in [3.05, 3.63) is 100.0 Å². The van der Waals surface area contributed by atoms with Crippen LogP contribution in [0.2, 0.25) is 0 Å². The largest absolute Gasteiger partial charge is 0.467 e. The molecule has 0 radical (unpaired) electrons. The number of hydrogen-bond acceptors (Lipinski definition) is 5. The van der Waals surface area contributed by atoms with Crippen LogP contribution in [0, 0.1) is 6.92 Å². The first kappa shape index (κ1) is 22.1. The molecule has 0 saturated carbocycles. The number of pyridine rings is 2. The van der Waals surface area contributed by atoms with Gasteiger partial charge in [-0.2, -0.15) is 0 Å². The number of benzene rings is 1. The summed E-state index contributed by atoms with van der Waals surface area (Å²) in [6.45, 7) is 4.95. The number of fused-ring (bicyclic) bond motifs is 1. The van der Waals surface area contributed by atoms with E-state index in [9.17, 15) is 9.59 Å². The van der Waals surface area contributed by atoms with Crippen LogP contribution in [-0.4, -0.2) is 39.5 Å². The Bertz CT molecular complexity index is 1340. The Kier molecular flexibility index (Phi) is 6.27. The maximum atomic E-state index is 13.1. The number of carbonyl (C=O) groups is 1. The van der Waals surface area contributed by atoms with Crippen molar-refractivity contribution in [1.29, 1.82) is 0 Å². The number of furan rings is 1. The highest BCUT2D eigenvalue weighted by Gasteiger charge is 2.22. The molecule has 174 valence electrons. The fraction of sp³-hybridized carbons (Fsp3) is 0.296. The maximum Gasteiger partial charge on any atom is 0.260 e. The highest BCUT2D eigenvalue weighted by molar-refractivity contribution is 5.98. The Morgan fingerprint density at radius 3 is 2.62 bits per heavy atom. The topological polar surface area (TPSA) is 80.4 Å². The number of aryl methyl sites for hydroxylation is 1. The molecule has 7 heteroatoms.